The van der Waals surface area contributed by atoms with Crippen LogP contribution in [0.15, 0.2) is 12.2 Å². The lowest BCUT2D eigenvalue weighted by atomic mass is 9.80. The van der Waals surface area contributed by atoms with Crippen molar-refractivity contribution >= 4 is 11.7 Å². The van der Waals surface area contributed by atoms with Crippen molar-refractivity contribution in [2.75, 3.05) is 7.11 Å². The molecule has 1 aliphatic rings. The van der Waals surface area contributed by atoms with Gasteiger partial charge < -0.3 is 0 Å². The van der Waals surface area contributed by atoms with Gasteiger partial charge in [-0.25, -0.2) is 5.48 Å². The number of Topliss-reactive ketones (excluding diaryl/α,β-unsaturated/α-hetero) is 1. The predicted octanol–water partition coefficient (Wildman–Crippen LogP) is 0.835. The highest BCUT2D eigenvalue weighted by molar-refractivity contribution is 5.87. The van der Waals surface area contributed by atoms with Crippen molar-refractivity contribution in [1.29, 1.82) is 0 Å². The van der Waals surface area contributed by atoms with Gasteiger partial charge >= 0.3 is 0 Å². The summed E-state index contributed by atoms with van der Waals surface area (Å²) in [7, 11) is 1.39. The molecule has 78 valence electrons. The van der Waals surface area contributed by atoms with Crippen molar-refractivity contribution in [2.24, 2.45) is 11.8 Å². The number of amides is 1. The molecule has 0 saturated carbocycles. The van der Waals surface area contributed by atoms with Gasteiger partial charge in [0.2, 0.25) is 5.91 Å². The summed E-state index contributed by atoms with van der Waals surface area (Å²) in [5.41, 5.74) is 2.28. The third-order valence-electron chi connectivity index (χ3n) is 2.49. The summed E-state index contributed by atoms with van der Waals surface area (Å²) in [5, 5.41) is 0. The molecule has 1 N–H and O–H groups in total. The molecule has 0 fully saturated rings. The number of allylic oxidation sites excluding steroid dienone is 2. The number of hydrogen-bond acceptors (Lipinski definition) is 3. The highest BCUT2D eigenvalue weighted by Crippen LogP contribution is 2.26. The van der Waals surface area contributed by atoms with Gasteiger partial charge in [0.25, 0.3) is 0 Å². The first-order valence-electron chi connectivity index (χ1n) is 4.65. The van der Waals surface area contributed by atoms with Crippen LogP contribution in [0.5, 0.6) is 0 Å². The maximum atomic E-state index is 11.5. The molecule has 1 amide bonds. The molecule has 0 radical (unpaired) electrons. The summed E-state index contributed by atoms with van der Waals surface area (Å²) in [5.74, 6) is -0.629. The number of hydrogen-bond donors (Lipinski definition) is 1. The van der Waals surface area contributed by atoms with Crippen LogP contribution in [-0.2, 0) is 14.4 Å². The summed E-state index contributed by atoms with van der Waals surface area (Å²) < 4.78 is 0. The molecular weight excluding hydrogens is 182 g/mol. The zero-order valence-corrected chi connectivity index (χ0v) is 8.45. The van der Waals surface area contributed by atoms with Crippen LogP contribution < -0.4 is 5.48 Å². The quantitative estimate of drug-likeness (QED) is 0.538. The zero-order valence-electron chi connectivity index (χ0n) is 8.45. The van der Waals surface area contributed by atoms with Crippen molar-refractivity contribution in [2.45, 2.75) is 19.8 Å². The second-order valence-electron chi connectivity index (χ2n) is 3.44. The van der Waals surface area contributed by atoms with E-state index in [1.807, 2.05) is 12.2 Å². The van der Waals surface area contributed by atoms with Crippen molar-refractivity contribution in [1.82, 2.24) is 5.48 Å². The van der Waals surface area contributed by atoms with Crippen LogP contribution in [0.2, 0.25) is 0 Å². The molecule has 14 heavy (non-hydrogen) atoms. The average Bonchev–Trinajstić information content (AvgIpc) is 2.18. The minimum absolute atomic E-state index is 0.0607. The molecule has 4 heteroatoms. The van der Waals surface area contributed by atoms with Crippen molar-refractivity contribution in [3.8, 4) is 0 Å². The molecule has 0 aromatic carbocycles. The lowest BCUT2D eigenvalue weighted by Crippen LogP contribution is -2.37. The Morgan fingerprint density at radius 3 is 2.36 bits per heavy atom. The van der Waals surface area contributed by atoms with E-state index in [9.17, 15) is 9.59 Å². The number of rotatable bonds is 3. The Labute approximate surface area is 83.3 Å². The topological polar surface area (TPSA) is 55.4 Å². The molecule has 0 spiro atoms. The average molecular weight is 197 g/mol. The van der Waals surface area contributed by atoms with Gasteiger partial charge in [0.05, 0.1) is 13.0 Å². The molecule has 4 nitrogen and oxygen atoms in total. The van der Waals surface area contributed by atoms with E-state index in [2.05, 4.69) is 10.3 Å². The molecule has 0 aliphatic heterocycles. The number of hydroxylamine groups is 1. The number of ketones is 1. The van der Waals surface area contributed by atoms with Crippen LogP contribution in [0.3, 0.4) is 0 Å². The van der Waals surface area contributed by atoms with Gasteiger partial charge in [-0.1, -0.05) is 12.2 Å². The third kappa shape index (κ3) is 2.42. The first-order valence-corrected chi connectivity index (χ1v) is 4.65. The summed E-state index contributed by atoms with van der Waals surface area (Å²) >= 11 is 0. The van der Waals surface area contributed by atoms with Crippen LogP contribution in [-0.4, -0.2) is 18.8 Å². The Balaban J connectivity index is 2.69. The third-order valence-corrected chi connectivity index (χ3v) is 2.49. The van der Waals surface area contributed by atoms with Crippen LogP contribution in [0.4, 0.5) is 0 Å². The fourth-order valence-corrected chi connectivity index (χ4v) is 1.73. The zero-order chi connectivity index (χ0) is 10.6. The van der Waals surface area contributed by atoms with Crippen molar-refractivity contribution < 1.29 is 14.4 Å². The van der Waals surface area contributed by atoms with Gasteiger partial charge in [-0.05, 0) is 19.8 Å². The van der Waals surface area contributed by atoms with Crippen LogP contribution in [0, 0.1) is 11.8 Å². The van der Waals surface area contributed by atoms with E-state index in [0.29, 0.717) is 12.8 Å². The maximum absolute atomic E-state index is 11.5. The van der Waals surface area contributed by atoms with Gasteiger partial charge in [0.1, 0.15) is 5.78 Å². The van der Waals surface area contributed by atoms with Gasteiger partial charge in [0.15, 0.2) is 0 Å². The van der Waals surface area contributed by atoms with Crippen molar-refractivity contribution in [3.63, 3.8) is 0 Å². The van der Waals surface area contributed by atoms with E-state index in [0.717, 1.165) is 0 Å². The van der Waals surface area contributed by atoms with E-state index < -0.39 is 0 Å². The molecule has 2 atom stereocenters. The van der Waals surface area contributed by atoms with Gasteiger partial charge in [0, 0.05) is 5.92 Å². The minimum atomic E-state index is -0.280. The Kier molecular flexibility index (Phi) is 3.83. The molecule has 2 unspecified atom stereocenters. The smallest absolute Gasteiger partial charge is 0.247 e. The summed E-state index contributed by atoms with van der Waals surface area (Å²) in [4.78, 5) is 27.3. The molecule has 1 rings (SSSR count). The molecule has 0 aromatic heterocycles. The van der Waals surface area contributed by atoms with E-state index in [4.69, 9.17) is 0 Å². The van der Waals surface area contributed by atoms with E-state index in [-0.39, 0.29) is 23.5 Å². The molecule has 0 saturated heterocycles. The molecule has 0 aromatic rings. The lowest BCUT2D eigenvalue weighted by molar-refractivity contribution is -0.140. The first kappa shape index (κ1) is 10.9. The van der Waals surface area contributed by atoms with E-state index >= 15 is 0 Å². The van der Waals surface area contributed by atoms with Crippen LogP contribution in [0.1, 0.15) is 19.8 Å². The van der Waals surface area contributed by atoms with Crippen LogP contribution >= 0.6 is 0 Å². The van der Waals surface area contributed by atoms with E-state index in [1.54, 1.807) is 0 Å². The highest BCUT2D eigenvalue weighted by atomic mass is 16.6. The standard InChI is InChI=1S/C10H15NO3/c1-7(12)8-5-3-4-6-9(8)10(13)11-14-2/h3-4,8-9H,5-6H2,1-2H3,(H,11,13). The normalized spacial score (nSPS) is 25.9. The second-order valence-corrected chi connectivity index (χ2v) is 3.44. The van der Waals surface area contributed by atoms with Gasteiger partial charge in [-0.2, -0.15) is 0 Å². The van der Waals surface area contributed by atoms with Gasteiger partial charge in [-0.15, -0.1) is 0 Å². The van der Waals surface area contributed by atoms with Gasteiger partial charge in [-0.3, -0.25) is 14.4 Å². The predicted molar refractivity (Wildman–Crippen MR) is 51.2 cm³/mol. The Morgan fingerprint density at radius 2 is 1.86 bits per heavy atom. The molecule has 1 aliphatic carbocycles. The summed E-state index contributed by atoms with van der Waals surface area (Å²) in [6.45, 7) is 1.52. The fraction of sp³-hybridized carbons (Fsp3) is 0.600. The monoisotopic (exact) mass is 197 g/mol. The molecular formula is C10H15NO3. The SMILES string of the molecule is CONC(=O)C1CC=CCC1C(C)=O. The number of nitrogens with one attached hydrogen (secondary N) is 1. The highest BCUT2D eigenvalue weighted by Gasteiger charge is 2.31. The Hall–Kier alpha value is -1.16. The summed E-state index contributed by atoms with van der Waals surface area (Å²) in [6.07, 6.45) is 5.14. The largest absolute Gasteiger partial charge is 0.300 e. The second kappa shape index (κ2) is 4.91. The molecule has 0 heterocycles. The lowest BCUT2D eigenvalue weighted by Gasteiger charge is -2.24. The summed E-state index contributed by atoms with van der Waals surface area (Å²) in [6, 6.07) is 0. The Morgan fingerprint density at radius 1 is 1.29 bits per heavy atom. The first-order chi connectivity index (χ1) is 6.66. The number of carbonyl (C=O) groups is 2. The Bertz CT molecular complexity index is 260. The number of carbonyl (C=O) groups excluding carboxylic acids is 2. The van der Waals surface area contributed by atoms with E-state index in [1.165, 1.54) is 14.0 Å². The maximum Gasteiger partial charge on any atom is 0.247 e. The minimum Gasteiger partial charge on any atom is -0.300 e. The molecule has 0 bridgehead atoms. The fourth-order valence-electron chi connectivity index (χ4n) is 1.73. The van der Waals surface area contributed by atoms with Crippen LogP contribution in [0.25, 0.3) is 0 Å². The van der Waals surface area contributed by atoms with Crippen molar-refractivity contribution in [3.05, 3.63) is 12.2 Å².